The quantitative estimate of drug-likeness (QED) is 0.826. The standard InChI is InChI=1S/C15H26N2O2/c1-4-10(3)13-14(18)16-12(5-2)15(19)17(13)9-11-7-6-8-11/h10-13H,4-9H2,1-3H3,(H,16,18). The van der Waals surface area contributed by atoms with Gasteiger partial charge in [-0.2, -0.15) is 0 Å². The summed E-state index contributed by atoms with van der Waals surface area (Å²) < 4.78 is 0. The van der Waals surface area contributed by atoms with E-state index in [4.69, 9.17) is 0 Å². The first-order valence-electron chi connectivity index (χ1n) is 7.69. The topological polar surface area (TPSA) is 49.4 Å². The third kappa shape index (κ3) is 2.77. The molecule has 1 N–H and O–H groups in total. The van der Waals surface area contributed by atoms with Crippen LogP contribution in [0.5, 0.6) is 0 Å². The molecule has 0 bridgehead atoms. The van der Waals surface area contributed by atoms with Gasteiger partial charge in [0, 0.05) is 6.54 Å². The average molecular weight is 266 g/mol. The van der Waals surface area contributed by atoms with Crippen LogP contribution in [0.4, 0.5) is 0 Å². The molecule has 0 radical (unpaired) electrons. The monoisotopic (exact) mass is 266 g/mol. The largest absolute Gasteiger partial charge is 0.343 e. The van der Waals surface area contributed by atoms with Crippen LogP contribution in [-0.4, -0.2) is 35.3 Å². The summed E-state index contributed by atoms with van der Waals surface area (Å²) in [6.45, 7) is 6.87. The number of nitrogens with one attached hydrogen (secondary N) is 1. The van der Waals surface area contributed by atoms with Crippen LogP contribution >= 0.6 is 0 Å². The maximum atomic E-state index is 12.5. The van der Waals surface area contributed by atoms with E-state index in [1.54, 1.807) is 0 Å². The van der Waals surface area contributed by atoms with Gasteiger partial charge in [-0.1, -0.05) is 33.6 Å². The van der Waals surface area contributed by atoms with E-state index in [0.29, 0.717) is 12.3 Å². The third-order valence-corrected chi connectivity index (χ3v) is 4.77. The van der Waals surface area contributed by atoms with Gasteiger partial charge in [-0.3, -0.25) is 9.59 Å². The van der Waals surface area contributed by atoms with Crippen molar-refractivity contribution in [2.75, 3.05) is 6.54 Å². The molecule has 1 aliphatic heterocycles. The Kier molecular flexibility index (Phi) is 4.48. The molecule has 1 heterocycles. The second-order valence-electron chi connectivity index (χ2n) is 6.09. The van der Waals surface area contributed by atoms with Crippen LogP contribution in [0.25, 0.3) is 0 Å². The molecular formula is C15H26N2O2. The molecule has 0 aromatic heterocycles. The Morgan fingerprint density at radius 3 is 2.47 bits per heavy atom. The normalized spacial score (nSPS) is 29.9. The number of nitrogens with zero attached hydrogens (tertiary/aromatic N) is 1. The molecule has 0 aromatic rings. The Balaban J connectivity index is 2.16. The van der Waals surface area contributed by atoms with Crippen molar-refractivity contribution in [2.45, 2.75) is 65.0 Å². The highest BCUT2D eigenvalue weighted by molar-refractivity contribution is 5.97. The minimum Gasteiger partial charge on any atom is -0.343 e. The highest BCUT2D eigenvalue weighted by Crippen LogP contribution is 2.30. The molecule has 4 nitrogen and oxygen atoms in total. The van der Waals surface area contributed by atoms with Crippen molar-refractivity contribution in [3.05, 3.63) is 0 Å². The number of carbonyl (C=O) groups excluding carboxylic acids is 2. The predicted molar refractivity (Wildman–Crippen MR) is 74.5 cm³/mol. The SMILES string of the molecule is CCC1NC(=O)C(C(C)CC)N(CC2CCC2)C1=O. The molecule has 108 valence electrons. The van der Waals surface area contributed by atoms with Crippen molar-refractivity contribution in [1.29, 1.82) is 0 Å². The summed E-state index contributed by atoms with van der Waals surface area (Å²) in [5, 5.41) is 2.89. The average Bonchev–Trinajstić information content (AvgIpc) is 2.35. The number of hydrogen-bond donors (Lipinski definition) is 1. The lowest BCUT2D eigenvalue weighted by atomic mass is 9.83. The molecular weight excluding hydrogens is 240 g/mol. The molecule has 0 aromatic carbocycles. The van der Waals surface area contributed by atoms with Crippen LogP contribution in [0.2, 0.25) is 0 Å². The van der Waals surface area contributed by atoms with Crippen molar-refractivity contribution in [3.8, 4) is 0 Å². The van der Waals surface area contributed by atoms with E-state index in [1.807, 2.05) is 11.8 Å². The minimum atomic E-state index is -0.312. The van der Waals surface area contributed by atoms with Crippen molar-refractivity contribution in [3.63, 3.8) is 0 Å². The first-order valence-corrected chi connectivity index (χ1v) is 7.69. The van der Waals surface area contributed by atoms with Gasteiger partial charge in [-0.05, 0) is 31.1 Å². The first-order chi connectivity index (χ1) is 9.08. The second-order valence-corrected chi connectivity index (χ2v) is 6.09. The lowest BCUT2D eigenvalue weighted by Gasteiger charge is -2.44. The molecule has 1 aliphatic carbocycles. The second kappa shape index (κ2) is 5.93. The number of piperazine rings is 1. The summed E-state index contributed by atoms with van der Waals surface area (Å²) in [6, 6.07) is -0.575. The van der Waals surface area contributed by atoms with Crippen LogP contribution in [-0.2, 0) is 9.59 Å². The first kappa shape index (κ1) is 14.4. The van der Waals surface area contributed by atoms with Crippen LogP contribution in [0.3, 0.4) is 0 Å². The van der Waals surface area contributed by atoms with Crippen LogP contribution in [0.1, 0.15) is 52.9 Å². The van der Waals surface area contributed by atoms with Crippen LogP contribution in [0, 0.1) is 11.8 Å². The van der Waals surface area contributed by atoms with E-state index in [1.165, 1.54) is 19.3 Å². The summed E-state index contributed by atoms with van der Waals surface area (Å²) in [5.74, 6) is 1.00. The molecule has 2 rings (SSSR count). The Morgan fingerprint density at radius 2 is 2.00 bits per heavy atom. The van der Waals surface area contributed by atoms with Gasteiger partial charge in [-0.25, -0.2) is 0 Å². The smallest absolute Gasteiger partial charge is 0.245 e. The minimum absolute atomic E-state index is 0.0418. The molecule has 3 atom stereocenters. The number of carbonyl (C=O) groups is 2. The highest BCUT2D eigenvalue weighted by atomic mass is 16.2. The Labute approximate surface area is 115 Å². The van der Waals surface area contributed by atoms with Gasteiger partial charge in [0.1, 0.15) is 12.1 Å². The summed E-state index contributed by atoms with van der Waals surface area (Å²) in [4.78, 5) is 26.7. The fraction of sp³-hybridized carbons (Fsp3) is 0.867. The molecule has 2 aliphatic rings. The molecule has 2 fully saturated rings. The number of amides is 2. The van der Waals surface area contributed by atoms with E-state index in [0.717, 1.165) is 13.0 Å². The number of rotatable bonds is 5. The van der Waals surface area contributed by atoms with E-state index in [9.17, 15) is 9.59 Å². The summed E-state index contributed by atoms with van der Waals surface area (Å²) in [5.41, 5.74) is 0. The lowest BCUT2D eigenvalue weighted by Crippen LogP contribution is -2.65. The van der Waals surface area contributed by atoms with Gasteiger partial charge < -0.3 is 10.2 Å². The maximum absolute atomic E-state index is 12.5. The predicted octanol–water partition coefficient (Wildman–Crippen LogP) is 1.94. The zero-order chi connectivity index (χ0) is 14.0. The fourth-order valence-corrected chi connectivity index (χ4v) is 3.02. The molecule has 1 saturated heterocycles. The van der Waals surface area contributed by atoms with E-state index < -0.39 is 0 Å². The Morgan fingerprint density at radius 1 is 1.32 bits per heavy atom. The fourth-order valence-electron chi connectivity index (χ4n) is 3.02. The van der Waals surface area contributed by atoms with Crippen LogP contribution < -0.4 is 5.32 Å². The van der Waals surface area contributed by atoms with E-state index in [-0.39, 0.29) is 29.8 Å². The van der Waals surface area contributed by atoms with Crippen LogP contribution in [0.15, 0.2) is 0 Å². The zero-order valence-electron chi connectivity index (χ0n) is 12.3. The van der Waals surface area contributed by atoms with Crippen molar-refractivity contribution in [1.82, 2.24) is 10.2 Å². The summed E-state index contributed by atoms with van der Waals surface area (Å²) in [7, 11) is 0. The molecule has 3 unspecified atom stereocenters. The number of hydrogen-bond acceptors (Lipinski definition) is 2. The zero-order valence-corrected chi connectivity index (χ0v) is 12.3. The van der Waals surface area contributed by atoms with Crippen molar-refractivity contribution < 1.29 is 9.59 Å². The van der Waals surface area contributed by atoms with Crippen molar-refractivity contribution >= 4 is 11.8 Å². The van der Waals surface area contributed by atoms with Gasteiger partial charge in [0.2, 0.25) is 11.8 Å². The Bertz CT molecular complexity index is 352. The lowest BCUT2D eigenvalue weighted by molar-refractivity contribution is -0.152. The molecule has 0 spiro atoms. The van der Waals surface area contributed by atoms with E-state index in [2.05, 4.69) is 19.2 Å². The third-order valence-electron chi connectivity index (χ3n) is 4.77. The van der Waals surface area contributed by atoms with Crippen molar-refractivity contribution in [2.24, 2.45) is 11.8 Å². The molecule has 2 amide bonds. The van der Waals surface area contributed by atoms with Gasteiger partial charge >= 0.3 is 0 Å². The maximum Gasteiger partial charge on any atom is 0.245 e. The molecule has 19 heavy (non-hydrogen) atoms. The van der Waals surface area contributed by atoms with Gasteiger partial charge in [0.25, 0.3) is 0 Å². The molecule has 1 saturated carbocycles. The summed E-state index contributed by atoms with van der Waals surface area (Å²) in [6.07, 6.45) is 5.28. The van der Waals surface area contributed by atoms with E-state index >= 15 is 0 Å². The van der Waals surface area contributed by atoms with Gasteiger partial charge in [0.15, 0.2) is 0 Å². The highest BCUT2D eigenvalue weighted by Gasteiger charge is 2.42. The van der Waals surface area contributed by atoms with Gasteiger partial charge in [0.05, 0.1) is 0 Å². The Hall–Kier alpha value is -1.06. The van der Waals surface area contributed by atoms with Gasteiger partial charge in [-0.15, -0.1) is 0 Å². The summed E-state index contributed by atoms with van der Waals surface area (Å²) >= 11 is 0. The molecule has 4 heteroatoms.